The zero-order valence-corrected chi connectivity index (χ0v) is 6.93. The van der Waals surface area contributed by atoms with Gasteiger partial charge in [-0.15, -0.1) is 0 Å². The Morgan fingerprint density at radius 1 is 1.27 bits per heavy atom. The van der Waals surface area contributed by atoms with Gasteiger partial charge in [0.15, 0.2) is 0 Å². The minimum atomic E-state index is -4.29. The Morgan fingerprint density at radius 3 is 2.27 bits per heavy atom. The number of hydrogen-bond acceptors (Lipinski definition) is 1. The van der Waals surface area contributed by atoms with E-state index in [1.165, 1.54) is 6.07 Å². The number of halogens is 3. The van der Waals surface area contributed by atoms with E-state index in [0.29, 0.717) is 4.59 Å². The molecule has 0 fully saturated rings. The van der Waals surface area contributed by atoms with Crippen molar-refractivity contribution in [3.05, 3.63) is 23.9 Å². The fourth-order valence-corrected chi connectivity index (χ4v) is 0.801. The molecule has 0 saturated heterocycles. The standard InChI is InChI=1S/C6H3F3NSe/c7-6(8,9)4-1-2-5(11)10-3-4/h1-3H. The maximum absolute atomic E-state index is 11.9. The van der Waals surface area contributed by atoms with Crippen molar-refractivity contribution in [3.63, 3.8) is 0 Å². The van der Waals surface area contributed by atoms with Gasteiger partial charge in [-0.3, -0.25) is 0 Å². The Balaban J connectivity index is 2.99. The van der Waals surface area contributed by atoms with E-state index in [2.05, 4.69) is 21.0 Å². The van der Waals surface area contributed by atoms with Crippen LogP contribution in [0.25, 0.3) is 0 Å². The Morgan fingerprint density at radius 2 is 1.91 bits per heavy atom. The van der Waals surface area contributed by atoms with Crippen LogP contribution in [-0.4, -0.2) is 21.0 Å². The molecule has 0 bridgehead atoms. The third kappa shape index (κ3) is 2.20. The first kappa shape index (κ1) is 8.56. The van der Waals surface area contributed by atoms with E-state index in [1.807, 2.05) is 0 Å². The molecule has 0 saturated carbocycles. The summed E-state index contributed by atoms with van der Waals surface area (Å²) >= 11 is 2.50. The van der Waals surface area contributed by atoms with Crippen LogP contribution in [0.15, 0.2) is 18.3 Å². The van der Waals surface area contributed by atoms with Gasteiger partial charge in [0.2, 0.25) is 0 Å². The van der Waals surface area contributed by atoms with Gasteiger partial charge >= 0.3 is 68.8 Å². The van der Waals surface area contributed by atoms with Gasteiger partial charge in [0.25, 0.3) is 0 Å². The number of aromatic nitrogens is 1. The van der Waals surface area contributed by atoms with Crippen molar-refractivity contribution >= 4 is 20.6 Å². The first-order valence-corrected chi connectivity index (χ1v) is 3.56. The van der Waals surface area contributed by atoms with Crippen molar-refractivity contribution in [2.75, 3.05) is 0 Å². The summed E-state index contributed by atoms with van der Waals surface area (Å²) in [4.78, 5) is 3.47. The number of hydrogen-bond donors (Lipinski definition) is 0. The first-order chi connectivity index (χ1) is 5.00. The second kappa shape index (κ2) is 2.83. The molecular formula is C6H3F3NSe. The van der Waals surface area contributed by atoms with Crippen molar-refractivity contribution in [1.29, 1.82) is 0 Å². The SMILES string of the molecule is FC(F)(F)c1ccc([Se])nc1. The second-order valence-electron chi connectivity index (χ2n) is 1.88. The molecule has 11 heavy (non-hydrogen) atoms. The molecule has 1 nitrogen and oxygen atoms in total. The van der Waals surface area contributed by atoms with E-state index in [4.69, 9.17) is 0 Å². The van der Waals surface area contributed by atoms with Gasteiger partial charge in [0.1, 0.15) is 0 Å². The summed E-state index contributed by atoms with van der Waals surface area (Å²) in [6.45, 7) is 0. The Hall–Kier alpha value is -0.541. The van der Waals surface area contributed by atoms with Gasteiger partial charge in [-0.2, -0.15) is 0 Å². The molecule has 0 aliphatic heterocycles. The summed E-state index contributed by atoms with van der Waals surface area (Å²) in [5.41, 5.74) is -0.725. The topological polar surface area (TPSA) is 12.9 Å². The molecule has 0 aromatic carbocycles. The summed E-state index contributed by atoms with van der Waals surface area (Å²) in [5, 5.41) is 0. The first-order valence-electron chi connectivity index (χ1n) is 2.70. The van der Waals surface area contributed by atoms with Crippen LogP contribution in [0.2, 0.25) is 0 Å². The molecular weight excluding hydrogens is 222 g/mol. The Bertz CT molecular complexity index is 241. The molecule has 59 valence electrons. The van der Waals surface area contributed by atoms with Crippen molar-refractivity contribution in [1.82, 2.24) is 4.98 Å². The maximum atomic E-state index is 11.9. The third-order valence-corrected chi connectivity index (χ3v) is 1.57. The molecule has 1 aromatic rings. The van der Waals surface area contributed by atoms with Crippen LogP contribution in [0.1, 0.15) is 5.56 Å². The average Bonchev–Trinajstić information content (AvgIpc) is 1.86. The van der Waals surface area contributed by atoms with E-state index in [0.717, 1.165) is 12.3 Å². The van der Waals surface area contributed by atoms with E-state index in [1.54, 1.807) is 0 Å². The van der Waals surface area contributed by atoms with Crippen molar-refractivity contribution < 1.29 is 13.2 Å². The molecule has 0 amide bonds. The van der Waals surface area contributed by atoms with Gasteiger partial charge in [0, 0.05) is 0 Å². The van der Waals surface area contributed by atoms with E-state index in [-0.39, 0.29) is 0 Å². The van der Waals surface area contributed by atoms with Crippen LogP contribution >= 0.6 is 0 Å². The van der Waals surface area contributed by atoms with Crippen LogP contribution < -0.4 is 4.59 Å². The predicted octanol–water partition coefficient (Wildman–Crippen LogP) is 0.894. The van der Waals surface area contributed by atoms with Gasteiger partial charge in [-0.25, -0.2) is 0 Å². The monoisotopic (exact) mass is 226 g/mol. The molecule has 0 N–H and O–H groups in total. The summed E-state index contributed by atoms with van der Waals surface area (Å²) in [5.74, 6) is 0. The Labute approximate surface area is 69.4 Å². The molecule has 1 rings (SSSR count). The summed E-state index contributed by atoms with van der Waals surface area (Å²) < 4.78 is 36.1. The number of rotatable bonds is 0. The quantitative estimate of drug-likeness (QED) is 0.597. The molecule has 0 unspecified atom stereocenters. The Kier molecular flexibility index (Phi) is 2.20. The number of pyridine rings is 1. The fraction of sp³-hybridized carbons (Fsp3) is 0.167. The van der Waals surface area contributed by atoms with Crippen LogP contribution in [0.3, 0.4) is 0 Å². The van der Waals surface area contributed by atoms with E-state index in [9.17, 15) is 13.2 Å². The summed E-state index contributed by atoms with van der Waals surface area (Å²) in [6, 6.07) is 2.27. The zero-order valence-electron chi connectivity index (χ0n) is 5.22. The molecule has 0 spiro atoms. The third-order valence-electron chi connectivity index (χ3n) is 1.06. The molecule has 0 aliphatic rings. The predicted molar refractivity (Wildman–Crippen MR) is 34.6 cm³/mol. The number of nitrogens with zero attached hydrogens (tertiary/aromatic N) is 1. The summed E-state index contributed by atoms with van der Waals surface area (Å²) in [7, 11) is 0. The number of alkyl halides is 3. The zero-order chi connectivity index (χ0) is 8.48. The van der Waals surface area contributed by atoms with Crippen molar-refractivity contribution in [2.24, 2.45) is 0 Å². The normalized spacial score (nSPS) is 11.5. The van der Waals surface area contributed by atoms with Crippen molar-refractivity contribution in [2.45, 2.75) is 6.18 Å². The second-order valence-corrected chi connectivity index (χ2v) is 2.76. The summed E-state index contributed by atoms with van der Waals surface area (Å²) in [6.07, 6.45) is -3.49. The average molecular weight is 225 g/mol. The molecule has 0 aliphatic carbocycles. The molecule has 0 atom stereocenters. The van der Waals surface area contributed by atoms with Gasteiger partial charge in [-0.1, -0.05) is 0 Å². The van der Waals surface area contributed by atoms with Crippen LogP contribution in [0.5, 0.6) is 0 Å². The molecule has 5 heteroatoms. The molecule has 1 radical (unpaired) electrons. The van der Waals surface area contributed by atoms with Gasteiger partial charge in [0.05, 0.1) is 0 Å². The van der Waals surface area contributed by atoms with Crippen molar-refractivity contribution in [3.8, 4) is 0 Å². The molecule has 1 aromatic heterocycles. The van der Waals surface area contributed by atoms with Crippen LogP contribution in [0.4, 0.5) is 13.2 Å². The van der Waals surface area contributed by atoms with Crippen LogP contribution in [0, 0.1) is 0 Å². The minimum absolute atomic E-state index is 0.456. The van der Waals surface area contributed by atoms with E-state index < -0.39 is 11.7 Å². The fourth-order valence-electron chi connectivity index (χ4n) is 0.548. The van der Waals surface area contributed by atoms with Crippen LogP contribution in [-0.2, 0) is 6.18 Å². The van der Waals surface area contributed by atoms with E-state index >= 15 is 0 Å². The molecule has 1 heterocycles. The van der Waals surface area contributed by atoms with Gasteiger partial charge < -0.3 is 0 Å². The van der Waals surface area contributed by atoms with Gasteiger partial charge in [-0.05, 0) is 0 Å².